The molecule has 0 saturated heterocycles. The van der Waals surface area contributed by atoms with Gasteiger partial charge in [0.25, 0.3) is 0 Å². The normalized spacial score (nSPS) is 33.6. The fourth-order valence-corrected chi connectivity index (χ4v) is 6.75. The number of nitrogens with zero attached hydrogens (tertiary/aromatic N) is 1. The first-order valence-corrected chi connectivity index (χ1v) is 12.9. The van der Waals surface area contributed by atoms with Gasteiger partial charge in [-0.3, -0.25) is 24.3 Å². The van der Waals surface area contributed by atoms with Crippen LogP contribution in [0.4, 0.5) is 0 Å². The summed E-state index contributed by atoms with van der Waals surface area (Å²) in [7, 11) is 0. The molecule has 5 rings (SSSR count). The van der Waals surface area contributed by atoms with Crippen LogP contribution in [0.2, 0.25) is 0 Å². The lowest BCUT2D eigenvalue weighted by molar-refractivity contribution is -0.250. The Morgan fingerprint density at radius 2 is 2.03 bits per heavy atom. The lowest BCUT2D eigenvalue weighted by atomic mass is 9.52. The van der Waals surface area contributed by atoms with E-state index in [1.165, 1.54) is 18.1 Å². The van der Waals surface area contributed by atoms with E-state index >= 15 is 0 Å². The van der Waals surface area contributed by atoms with E-state index in [1.54, 1.807) is 12.2 Å². The highest BCUT2D eigenvalue weighted by Crippen LogP contribution is 2.62. The van der Waals surface area contributed by atoms with Crippen molar-refractivity contribution in [2.24, 2.45) is 11.3 Å². The summed E-state index contributed by atoms with van der Waals surface area (Å²) < 4.78 is 5.19. The molecular weight excluding hydrogens is 446 g/mol. The summed E-state index contributed by atoms with van der Waals surface area (Å²) in [6.07, 6.45) is 8.47. The van der Waals surface area contributed by atoms with Gasteiger partial charge in [-0.05, 0) is 55.7 Å². The number of ether oxygens (including phenoxy) is 1. The monoisotopic (exact) mass is 481 g/mol. The molecule has 0 bridgehead atoms. The van der Waals surface area contributed by atoms with Gasteiger partial charge in [0.05, 0.1) is 11.8 Å². The van der Waals surface area contributed by atoms with E-state index in [9.17, 15) is 19.5 Å². The lowest BCUT2D eigenvalue weighted by Crippen LogP contribution is -2.66. The molecule has 188 valence electrons. The Hall–Kier alpha value is -2.51. The largest absolute Gasteiger partial charge is 0.458 e. The Bertz CT molecular complexity index is 1130. The number of hydroxylamine groups is 2. The second-order valence-electron chi connectivity index (χ2n) is 10.8. The predicted molar refractivity (Wildman–Crippen MR) is 129 cm³/mol. The summed E-state index contributed by atoms with van der Waals surface area (Å²) >= 11 is 0. The van der Waals surface area contributed by atoms with Gasteiger partial charge in [0.1, 0.15) is 0 Å². The van der Waals surface area contributed by atoms with E-state index in [1.807, 2.05) is 18.9 Å². The molecule has 0 radical (unpaired) electrons. The number of ketones is 2. The summed E-state index contributed by atoms with van der Waals surface area (Å²) in [5.41, 5.74) is 3.06. The lowest BCUT2D eigenvalue weighted by Gasteiger charge is -2.57. The van der Waals surface area contributed by atoms with Crippen LogP contribution < -0.4 is 0 Å². The van der Waals surface area contributed by atoms with Crippen LogP contribution in [0.3, 0.4) is 0 Å². The molecule has 1 N–H and O–H groups in total. The highest BCUT2D eigenvalue weighted by Gasteiger charge is 2.67. The molecule has 0 fully saturated rings. The third kappa shape index (κ3) is 3.42. The number of aliphatic hydroxyl groups excluding tert-OH is 1. The molecule has 0 aromatic rings. The van der Waals surface area contributed by atoms with Crippen molar-refractivity contribution >= 4 is 17.5 Å². The van der Waals surface area contributed by atoms with Gasteiger partial charge < -0.3 is 9.84 Å². The highest BCUT2D eigenvalue weighted by atomic mass is 16.7. The summed E-state index contributed by atoms with van der Waals surface area (Å²) in [6.45, 7) is 7.27. The van der Waals surface area contributed by atoms with E-state index in [4.69, 9.17) is 9.57 Å². The standard InChI is InChI=1S/C28H35NO6/c1-5-6-10-29-26-19-9-7-8-18(19)12-20(26)21-13-23(31)22-11-16(2)24(32)14-27(22,4)28(21,35-29)25(33)15-34-17(3)30/h11,13,16,24,32H,5-10,12,14-15H2,1-4H3/t16-,24+,27+,28-/m1/s1. The van der Waals surface area contributed by atoms with Crippen molar-refractivity contribution in [3.8, 4) is 0 Å². The minimum Gasteiger partial charge on any atom is -0.458 e. The number of unbranched alkanes of at least 4 members (excludes halogenated alkanes) is 1. The first kappa shape index (κ1) is 24.2. The Labute approximate surface area is 206 Å². The Morgan fingerprint density at radius 3 is 2.74 bits per heavy atom. The molecule has 0 aromatic carbocycles. The molecule has 0 saturated carbocycles. The summed E-state index contributed by atoms with van der Waals surface area (Å²) in [5, 5.41) is 12.8. The maximum Gasteiger partial charge on any atom is 0.303 e. The van der Waals surface area contributed by atoms with Crippen LogP contribution >= 0.6 is 0 Å². The number of rotatable bonds is 6. The molecular formula is C28H35NO6. The minimum absolute atomic E-state index is 0.137. The van der Waals surface area contributed by atoms with Gasteiger partial charge in [-0.1, -0.05) is 38.8 Å². The first-order valence-electron chi connectivity index (χ1n) is 12.9. The second kappa shape index (κ2) is 8.56. The van der Waals surface area contributed by atoms with Crippen LogP contribution in [-0.2, 0) is 24.0 Å². The van der Waals surface area contributed by atoms with Crippen molar-refractivity contribution in [3.05, 3.63) is 45.7 Å². The summed E-state index contributed by atoms with van der Waals surface area (Å²) in [5.74, 6) is -1.31. The van der Waals surface area contributed by atoms with Crippen molar-refractivity contribution < 1.29 is 29.1 Å². The van der Waals surface area contributed by atoms with Gasteiger partial charge in [-0.2, -0.15) is 0 Å². The van der Waals surface area contributed by atoms with Crippen LogP contribution in [-0.4, -0.2) is 52.6 Å². The van der Waals surface area contributed by atoms with Crippen LogP contribution in [0.1, 0.15) is 72.6 Å². The van der Waals surface area contributed by atoms with Crippen LogP contribution in [0.25, 0.3) is 0 Å². The summed E-state index contributed by atoms with van der Waals surface area (Å²) in [4.78, 5) is 46.2. The van der Waals surface area contributed by atoms with Crippen molar-refractivity contribution in [1.29, 1.82) is 0 Å². The van der Waals surface area contributed by atoms with Gasteiger partial charge in [0.15, 0.2) is 18.0 Å². The number of hydrogen-bond donors (Lipinski definition) is 1. The molecule has 5 aliphatic rings. The number of allylic oxidation sites excluding steroid dienone is 3. The maximum absolute atomic E-state index is 14.1. The maximum atomic E-state index is 14.1. The van der Waals surface area contributed by atoms with Crippen LogP contribution in [0.15, 0.2) is 45.7 Å². The number of fused-ring (bicyclic) bond motifs is 5. The van der Waals surface area contributed by atoms with E-state index in [2.05, 4.69) is 6.92 Å². The minimum atomic E-state index is -1.56. The molecule has 7 nitrogen and oxygen atoms in total. The average molecular weight is 482 g/mol. The zero-order valence-corrected chi connectivity index (χ0v) is 21.1. The topological polar surface area (TPSA) is 93.1 Å². The molecule has 0 amide bonds. The zero-order valence-electron chi connectivity index (χ0n) is 21.1. The van der Waals surface area contributed by atoms with Gasteiger partial charge in [-0.25, -0.2) is 0 Å². The summed E-state index contributed by atoms with van der Waals surface area (Å²) in [6, 6.07) is 0. The number of aliphatic hydroxyl groups is 1. The Morgan fingerprint density at radius 1 is 1.26 bits per heavy atom. The molecule has 4 atom stereocenters. The molecule has 4 aliphatic carbocycles. The third-order valence-electron chi connectivity index (χ3n) is 8.58. The Kier molecular flexibility index (Phi) is 5.92. The van der Waals surface area contributed by atoms with Crippen LogP contribution in [0, 0.1) is 11.3 Å². The van der Waals surface area contributed by atoms with Crippen LogP contribution in [0.5, 0.6) is 0 Å². The smallest absolute Gasteiger partial charge is 0.303 e. The number of hydrogen-bond acceptors (Lipinski definition) is 7. The molecule has 0 unspecified atom stereocenters. The molecule has 0 spiro atoms. The van der Waals surface area contributed by atoms with Gasteiger partial charge in [0.2, 0.25) is 5.78 Å². The number of Topliss-reactive ketones (excluding diaryl/α,β-unsaturated/α-hetero) is 1. The van der Waals surface area contributed by atoms with Gasteiger partial charge >= 0.3 is 5.97 Å². The first-order chi connectivity index (χ1) is 16.6. The quantitative estimate of drug-likeness (QED) is 0.576. The van der Waals surface area contributed by atoms with Gasteiger partial charge in [0, 0.05) is 35.9 Å². The number of carbonyl (C=O) groups excluding carboxylic acids is 3. The van der Waals surface area contributed by atoms with Crippen molar-refractivity contribution in [2.75, 3.05) is 13.2 Å². The average Bonchev–Trinajstić information content (AvgIpc) is 3.40. The van der Waals surface area contributed by atoms with Crippen molar-refractivity contribution in [2.45, 2.75) is 84.3 Å². The van der Waals surface area contributed by atoms with E-state index in [0.717, 1.165) is 43.4 Å². The fraction of sp³-hybridized carbons (Fsp3) is 0.607. The molecule has 35 heavy (non-hydrogen) atoms. The number of esters is 1. The van der Waals surface area contributed by atoms with E-state index in [-0.39, 0.29) is 18.1 Å². The predicted octanol–water partition coefficient (Wildman–Crippen LogP) is 3.89. The van der Waals surface area contributed by atoms with Gasteiger partial charge in [-0.15, -0.1) is 0 Å². The second-order valence-corrected chi connectivity index (χ2v) is 10.8. The molecule has 1 heterocycles. The van der Waals surface area contributed by atoms with E-state index in [0.29, 0.717) is 24.1 Å². The SMILES string of the molecule is CCCCN1O[C@@]2(C(=O)COC(C)=O)C(=CC(=O)C3=C[C@@H](C)[C@@H](O)C[C@@]32C)C2=C1C1=C(CCC1)C2. The van der Waals surface area contributed by atoms with E-state index < -0.39 is 35.5 Å². The molecule has 7 heteroatoms. The zero-order chi connectivity index (χ0) is 25.1. The number of carbonyl (C=O) groups is 3. The molecule has 1 aliphatic heterocycles. The Balaban J connectivity index is 1.74. The van der Waals surface area contributed by atoms with Crippen molar-refractivity contribution in [3.63, 3.8) is 0 Å². The third-order valence-corrected chi connectivity index (χ3v) is 8.58. The fourth-order valence-electron chi connectivity index (χ4n) is 6.75. The van der Waals surface area contributed by atoms with Crippen molar-refractivity contribution in [1.82, 2.24) is 5.06 Å². The molecule has 0 aromatic heterocycles. The highest BCUT2D eigenvalue weighted by molar-refractivity contribution is 6.12.